The molecule has 3 heterocycles. The second kappa shape index (κ2) is 8.37. The van der Waals surface area contributed by atoms with Crippen LogP contribution in [0.15, 0.2) is 70.6 Å². The van der Waals surface area contributed by atoms with Gasteiger partial charge in [0.2, 0.25) is 0 Å². The van der Waals surface area contributed by atoms with Crippen molar-refractivity contribution in [2.45, 2.75) is 13.8 Å². The number of aromatic nitrogens is 1. The van der Waals surface area contributed by atoms with E-state index in [0.717, 1.165) is 33.9 Å². The maximum Gasteiger partial charge on any atom is 0.283 e. The number of carbonyl (C=O) groups excluding carboxylic acids is 1. The molecular weight excluding hydrogens is 475 g/mol. The summed E-state index contributed by atoms with van der Waals surface area (Å²) in [6.07, 6.45) is 1.73. The lowest BCUT2D eigenvalue weighted by Crippen LogP contribution is -2.38. The fraction of sp³-hybridized carbons (Fsp3) is 0.0800. The van der Waals surface area contributed by atoms with Crippen LogP contribution in [-0.2, 0) is 4.79 Å². The molecule has 164 valence electrons. The van der Waals surface area contributed by atoms with Gasteiger partial charge >= 0.3 is 0 Å². The molecule has 33 heavy (non-hydrogen) atoms. The van der Waals surface area contributed by atoms with E-state index in [9.17, 15) is 4.79 Å². The van der Waals surface area contributed by atoms with E-state index >= 15 is 0 Å². The average Bonchev–Trinajstić information content (AvgIpc) is 3.34. The Morgan fingerprint density at radius 1 is 1.06 bits per heavy atom. The summed E-state index contributed by atoms with van der Waals surface area (Å²) >= 11 is 14.0. The second-order valence-electron chi connectivity index (χ2n) is 7.66. The van der Waals surface area contributed by atoms with Crippen molar-refractivity contribution in [2.24, 2.45) is 4.99 Å². The lowest BCUT2D eigenvalue weighted by atomic mass is 10.1. The van der Waals surface area contributed by atoms with Crippen molar-refractivity contribution >= 4 is 63.6 Å². The highest BCUT2D eigenvalue weighted by Crippen LogP contribution is 2.38. The number of thioether (sulfide) groups is 1. The van der Waals surface area contributed by atoms with Gasteiger partial charge in [0.05, 0.1) is 27.0 Å². The van der Waals surface area contributed by atoms with E-state index in [4.69, 9.17) is 28.6 Å². The Hall–Kier alpha value is -3.06. The molecule has 3 aromatic rings. The summed E-state index contributed by atoms with van der Waals surface area (Å²) in [5, 5.41) is 12.2. The maximum atomic E-state index is 12.9. The van der Waals surface area contributed by atoms with Crippen molar-refractivity contribution in [2.75, 3.05) is 0 Å². The largest absolute Gasteiger partial charge is 0.316 e. The number of hydrogen-bond acceptors (Lipinski definition) is 3. The molecule has 1 aromatic heterocycles. The van der Waals surface area contributed by atoms with Crippen LogP contribution in [0.3, 0.4) is 0 Å². The predicted octanol–water partition coefficient (Wildman–Crippen LogP) is 6.71. The molecule has 0 atom stereocenters. The van der Waals surface area contributed by atoms with Crippen LogP contribution in [-0.4, -0.2) is 26.4 Å². The van der Waals surface area contributed by atoms with Crippen LogP contribution < -0.4 is 0 Å². The molecule has 1 amide bonds. The van der Waals surface area contributed by atoms with Crippen molar-refractivity contribution in [1.82, 2.24) is 9.47 Å². The number of halogens is 2. The minimum atomic E-state index is -0.424. The number of amidine groups is 2. The van der Waals surface area contributed by atoms with Crippen LogP contribution in [0.2, 0.25) is 10.0 Å². The van der Waals surface area contributed by atoms with Gasteiger partial charge in [-0.2, -0.15) is 4.99 Å². The van der Waals surface area contributed by atoms with Crippen molar-refractivity contribution in [1.29, 1.82) is 5.41 Å². The molecule has 2 aliphatic heterocycles. The van der Waals surface area contributed by atoms with Crippen molar-refractivity contribution < 1.29 is 4.79 Å². The Morgan fingerprint density at radius 2 is 1.82 bits per heavy atom. The Labute approximate surface area is 205 Å². The van der Waals surface area contributed by atoms with Gasteiger partial charge < -0.3 is 4.57 Å². The maximum absolute atomic E-state index is 12.9. The van der Waals surface area contributed by atoms with Crippen molar-refractivity contribution in [3.8, 4) is 5.69 Å². The summed E-state index contributed by atoms with van der Waals surface area (Å²) in [6, 6.07) is 17.2. The van der Waals surface area contributed by atoms with Crippen LogP contribution >= 0.6 is 35.0 Å². The first-order chi connectivity index (χ1) is 15.9. The summed E-state index contributed by atoms with van der Waals surface area (Å²) in [5.74, 6) is -0.317. The van der Waals surface area contributed by atoms with Crippen molar-refractivity contribution in [3.63, 3.8) is 0 Å². The normalized spacial score (nSPS) is 16.8. The molecule has 0 bridgehead atoms. The third-order valence-electron chi connectivity index (χ3n) is 5.63. The number of aryl methyl sites for hydroxylation is 1. The van der Waals surface area contributed by atoms with Gasteiger partial charge in [0.15, 0.2) is 5.17 Å². The van der Waals surface area contributed by atoms with Crippen LogP contribution in [0, 0.1) is 19.3 Å². The van der Waals surface area contributed by atoms with Gasteiger partial charge in [-0.3, -0.25) is 15.1 Å². The highest BCUT2D eigenvalue weighted by Gasteiger charge is 2.36. The standard InChI is InChI=1S/C25H18Cl2N4OS/c1-14-11-17(15(2)30(14)20-10-6-9-19(26)22(20)27)12-18-23(28)31-21(16-7-4-3-5-8-16)13-33-25(31)29-24(18)32/h3-13,28H,1-2H3/b18-12-,28-23?. The van der Waals surface area contributed by atoms with E-state index in [2.05, 4.69) is 4.99 Å². The molecule has 2 aromatic carbocycles. The van der Waals surface area contributed by atoms with Gasteiger partial charge in [-0.15, -0.1) is 0 Å². The predicted molar refractivity (Wildman–Crippen MR) is 137 cm³/mol. The average molecular weight is 493 g/mol. The van der Waals surface area contributed by atoms with E-state index in [0.29, 0.717) is 15.2 Å². The second-order valence-corrected chi connectivity index (χ2v) is 9.29. The highest BCUT2D eigenvalue weighted by molar-refractivity contribution is 8.17. The Kier molecular flexibility index (Phi) is 5.52. The molecule has 5 nitrogen and oxygen atoms in total. The molecule has 0 saturated heterocycles. The third-order valence-corrected chi connectivity index (χ3v) is 7.26. The number of hydrogen-bond donors (Lipinski definition) is 1. The van der Waals surface area contributed by atoms with Gasteiger partial charge in [0.25, 0.3) is 5.91 Å². The van der Waals surface area contributed by atoms with Crippen molar-refractivity contribution in [3.05, 3.63) is 98.1 Å². The first-order valence-corrected chi connectivity index (χ1v) is 11.8. The number of carbonyl (C=O) groups is 1. The first-order valence-electron chi connectivity index (χ1n) is 10.2. The van der Waals surface area contributed by atoms with E-state index in [-0.39, 0.29) is 11.4 Å². The minimum absolute atomic E-state index is 0.107. The van der Waals surface area contributed by atoms with E-state index in [1.54, 1.807) is 17.0 Å². The zero-order valence-corrected chi connectivity index (χ0v) is 20.1. The van der Waals surface area contributed by atoms with Crippen LogP contribution in [0.1, 0.15) is 22.5 Å². The molecular formula is C25H18Cl2N4OS. The van der Waals surface area contributed by atoms with Gasteiger partial charge in [-0.05, 0) is 49.2 Å². The Bertz CT molecular complexity index is 1420. The van der Waals surface area contributed by atoms with Gasteiger partial charge in [-0.1, -0.05) is 71.4 Å². The summed E-state index contributed by atoms with van der Waals surface area (Å²) in [6.45, 7) is 3.91. The molecule has 0 saturated carbocycles. The molecule has 0 spiro atoms. The summed E-state index contributed by atoms with van der Waals surface area (Å²) < 4.78 is 1.99. The number of amides is 1. The number of fused-ring (bicyclic) bond motifs is 1. The molecule has 5 rings (SSSR count). The first kappa shape index (κ1) is 21.8. The van der Waals surface area contributed by atoms with E-state index < -0.39 is 5.91 Å². The molecule has 8 heteroatoms. The lowest BCUT2D eigenvalue weighted by molar-refractivity contribution is -0.114. The molecule has 0 radical (unpaired) electrons. The van der Waals surface area contributed by atoms with E-state index in [1.165, 1.54) is 11.8 Å². The SMILES string of the molecule is Cc1cc(/C=C2/C(=N)N3C(c4ccccc4)=CSC3=NC2=O)c(C)n1-c1cccc(Cl)c1Cl. The molecule has 2 aliphatic rings. The number of nitrogens with one attached hydrogen (secondary N) is 1. The molecule has 0 fully saturated rings. The topological polar surface area (TPSA) is 61.5 Å². The number of benzene rings is 2. The highest BCUT2D eigenvalue weighted by atomic mass is 35.5. The quantitative estimate of drug-likeness (QED) is 0.413. The fourth-order valence-electron chi connectivity index (χ4n) is 4.04. The van der Waals surface area contributed by atoms with Crippen LogP contribution in [0.4, 0.5) is 0 Å². The zero-order valence-electron chi connectivity index (χ0n) is 17.8. The number of aliphatic imine (C=N–C) groups is 1. The third kappa shape index (κ3) is 3.64. The van der Waals surface area contributed by atoms with E-state index in [1.807, 2.05) is 72.4 Å². The smallest absolute Gasteiger partial charge is 0.283 e. The summed E-state index contributed by atoms with van der Waals surface area (Å²) in [5.41, 5.74) is 5.42. The monoisotopic (exact) mass is 492 g/mol. The van der Waals surface area contributed by atoms with Gasteiger partial charge in [-0.25, -0.2) is 0 Å². The molecule has 0 unspecified atom stereocenters. The van der Waals surface area contributed by atoms with Gasteiger partial charge in [0.1, 0.15) is 5.84 Å². The van der Waals surface area contributed by atoms with Gasteiger partial charge in [0, 0.05) is 16.8 Å². The lowest BCUT2D eigenvalue weighted by Gasteiger charge is -2.26. The van der Waals surface area contributed by atoms with Crippen LogP contribution in [0.5, 0.6) is 0 Å². The minimum Gasteiger partial charge on any atom is -0.316 e. The molecule has 1 N–H and O–H groups in total. The summed E-state index contributed by atoms with van der Waals surface area (Å²) in [4.78, 5) is 18.8. The summed E-state index contributed by atoms with van der Waals surface area (Å²) in [7, 11) is 0. The number of nitrogens with zero attached hydrogens (tertiary/aromatic N) is 3. The zero-order chi connectivity index (χ0) is 23.3. The fourth-order valence-corrected chi connectivity index (χ4v) is 5.31. The molecule has 0 aliphatic carbocycles. The Morgan fingerprint density at radius 3 is 2.58 bits per heavy atom. The Balaban J connectivity index is 1.57. The number of rotatable bonds is 3. The van der Waals surface area contributed by atoms with Crippen LogP contribution in [0.25, 0.3) is 17.5 Å².